The lowest BCUT2D eigenvalue weighted by Gasteiger charge is -2.21. The van der Waals surface area contributed by atoms with Crippen LogP contribution in [0.3, 0.4) is 0 Å². The van der Waals surface area contributed by atoms with Crippen molar-refractivity contribution < 1.29 is 30.8 Å². The summed E-state index contributed by atoms with van der Waals surface area (Å²) in [7, 11) is -0.976. The molecule has 0 fully saturated rings. The molecule has 0 spiro atoms. The van der Waals surface area contributed by atoms with Crippen molar-refractivity contribution in [3.05, 3.63) is 90.1 Å². The predicted octanol–water partition coefficient (Wildman–Crippen LogP) is 6.00. The lowest BCUT2D eigenvalue weighted by molar-refractivity contribution is 0.0964. The van der Waals surface area contributed by atoms with E-state index in [1.54, 1.807) is 30.5 Å². The smallest absolute Gasteiger partial charge is 0.255 e. The van der Waals surface area contributed by atoms with Gasteiger partial charge in [-0.15, -0.1) is 0 Å². The Bertz CT molecular complexity index is 2090. The van der Waals surface area contributed by atoms with E-state index in [1.807, 2.05) is 0 Å². The Morgan fingerprint density at radius 1 is 0.929 bits per heavy atom. The van der Waals surface area contributed by atoms with E-state index in [2.05, 4.69) is 15.3 Å². The molecule has 0 aliphatic heterocycles. The van der Waals surface area contributed by atoms with Crippen LogP contribution in [0.25, 0.3) is 56.1 Å². The molecule has 212 valence electrons. The Morgan fingerprint density at radius 3 is 2.36 bits per heavy atom. The first-order chi connectivity index (χ1) is 20.0. The number of fused-ring (bicyclic) bond motifs is 2. The molecule has 3 aromatic carbocycles. The first-order valence-corrected chi connectivity index (χ1v) is 14.4. The number of aromatic nitrogens is 2. The van der Waals surface area contributed by atoms with Crippen LogP contribution in [0, 0.1) is 11.6 Å². The topological polar surface area (TPSA) is 119 Å². The van der Waals surface area contributed by atoms with Crippen molar-refractivity contribution in [2.24, 2.45) is 0 Å². The van der Waals surface area contributed by atoms with Crippen LogP contribution in [0.5, 0.6) is 0 Å². The molecule has 42 heavy (non-hydrogen) atoms. The second-order valence-corrected chi connectivity index (χ2v) is 11.6. The number of oxazole rings is 1. The number of nitrogens with one attached hydrogen (secondary N) is 1. The van der Waals surface area contributed by atoms with Crippen molar-refractivity contribution >= 4 is 43.8 Å². The molecular formula is C30H22F2N4O5S. The summed E-state index contributed by atoms with van der Waals surface area (Å²) in [5, 5.41) is 2.93. The molecule has 3 heterocycles. The van der Waals surface area contributed by atoms with Crippen LogP contribution in [0.4, 0.5) is 14.5 Å². The van der Waals surface area contributed by atoms with E-state index in [4.69, 9.17) is 8.83 Å². The number of sulfonamides is 1. The highest BCUT2D eigenvalue weighted by Gasteiger charge is 2.26. The predicted molar refractivity (Wildman–Crippen MR) is 154 cm³/mol. The van der Waals surface area contributed by atoms with E-state index in [-0.39, 0.29) is 34.2 Å². The van der Waals surface area contributed by atoms with Gasteiger partial charge in [0.1, 0.15) is 28.5 Å². The molecule has 0 radical (unpaired) electrons. The number of carbonyl (C=O) groups excluding carboxylic acids is 1. The molecule has 1 amide bonds. The number of hydrogen-bond acceptors (Lipinski definition) is 7. The number of halogens is 2. The Kier molecular flexibility index (Phi) is 6.49. The van der Waals surface area contributed by atoms with Gasteiger partial charge in [0.05, 0.1) is 17.5 Å². The molecule has 1 N–H and O–H groups in total. The zero-order valence-corrected chi connectivity index (χ0v) is 23.3. The summed E-state index contributed by atoms with van der Waals surface area (Å²) in [5.74, 6) is -1.30. The van der Waals surface area contributed by atoms with E-state index in [1.165, 1.54) is 56.6 Å². The second-order valence-electron chi connectivity index (χ2n) is 9.56. The number of furan rings is 1. The minimum absolute atomic E-state index is 0.122. The standard InChI is InChI=1S/C30H22F2N4O5S/c1-33-28(37)26-22-14-21(17-11-18(13-20(32)12-17)29-35-23-5-4-10-34-30(23)41-29)24(36(2)42(3,38)39)15-25(22)40-27(26)16-6-8-19(31)9-7-16/h4-15H,1-3H3,(H,33,37). The minimum Gasteiger partial charge on any atom is -0.455 e. The first kappa shape index (κ1) is 27.1. The number of amides is 1. The molecule has 0 atom stereocenters. The third kappa shape index (κ3) is 4.75. The number of hydrogen-bond donors (Lipinski definition) is 1. The molecule has 3 aromatic heterocycles. The molecule has 0 aliphatic rings. The summed E-state index contributed by atoms with van der Waals surface area (Å²) in [6.07, 6.45) is 2.58. The van der Waals surface area contributed by atoms with Crippen molar-refractivity contribution in [2.45, 2.75) is 0 Å². The summed E-state index contributed by atoms with van der Waals surface area (Å²) >= 11 is 0. The van der Waals surface area contributed by atoms with Crippen LogP contribution in [0.2, 0.25) is 0 Å². The van der Waals surface area contributed by atoms with Crippen LogP contribution in [-0.2, 0) is 10.0 Å². The second kappa shape index (κ2) is 10.1. The zero-order chi connectivity index (χ0) is 29.8. The number of pyridine rings is 1. The normalized spacial score (nSPS) is 11.7. The van der Waals surface area contributed by atoms with E-state index >= 15 is 4.39 Å². The highest BCUT2D eigenvalue weighted by atomic mass is 32.2. The van der Waals surface area contributed by atoms with Gasteiger partial charge in [-0.1, -0.05) is 0 Å². The highest BCUT2D eigenvalue weighted by molar-refractivity contribution is 7.92. The fraction of sp³-hybridized carbons (Fsp3) is 0.100. The summed E-state index contributed by atoms with van der Waals surface area (Å²) in [5.41, 5.74) is 2.59. The summed E-state index contributed by atoms with van der Waals surface area (Å²) < 4.78 is 67.0. The molecule has 6 rings (SSSR count). The van der Waals surface area contributed by atoms with Crippen molar-refractivity contribution in [1.29, 1.82) is 0 Å². The number of anilines is 1. The van der Waals surface area contributed by atoms with Crippen LogP contribution < -0.4 is 9.62 Å². The van der Waals surface area contributed by atoms with Gasteiger partial charge in [0, 0.05) is 48.4 Å². The minimum atomic E-state index is -3.79. The largest absolute Gasteiger partial charge is 0.455 e. The Labute approximate surface area is 238 Å². The van der Waals surface area contributed by atoms with Gasteiger partial charge in [-0.05, 0) is 66.2 Å². The van der Waals surface area contributed by atoms with Gasteiger partial charge in [-0.25, -0.2) is 27.2 Å². The SMILES string of the molecule is CNC(=O)c1c(-c2ccc(F)cc2)oc2cc(N(C)S(C)(=O)=O)c(-c3cc(F)cc(-c4nc5cccnc5o4)c3)cc12. The van der Waals surface area contributed by atoms with Crippen molar-refractivity contribution in [1.82, 2.24) is 15.3 Å². The fourth-order valence-corrected chi connectivity index (χ4v) is 5.23. The molecular weight excluding hydrogens is 566 g/mol. The third-order valence-electron chi connectivity index (χ3n) is 6.83. The Balaban J connectivity index is 1.63. The maximum Gasteiger partial charge on any atom is 0.255 e. The van der Waals surface area contributed by atoms with Crippen LogP contribution in [0.15, 0.2) is 81.8 Å². The van der Waals surface area contributed by atoms with Gasteiger partial charge in [0.15, 0.2) is 0 Å². The monoisotopic (exact) mass is 588 g/mol. The van der Waals surface area contributed by atoms with Crippen molar-refractivity contribution in [2.75, 3.05) is 24.7 Å². The summed E-state index contributed by atoms with van der Waals surface area (Å²) in [6, 6.07) is 16.0. The van der Waals surface area contributed by atoms with Gasteiger partial charge >= 0.3 is 0 Å². The lowest BCUT2D eigenvalue weighted by atomic mass is 9.97. The number of benzene rings is 3. The molecule has 12 heteroatoms. The summed E-state index contributed by atoms with van der Waals surface area (Å²) in [6.45, 7) is 0. The molecule has 0 bridgehead atoms. The Morgan fingerprint density at radius 2 is 1.67 bits per heavy atom. The molecule has 9 nitrogen and oxygen atoms in total. The van der Waals surface area contributed by atoms with Gasteiger partial charge in [-0.2, -0.15) is 0 Å². The van der Waals surface area contributed by atoms with Gasteiger partial charge in [0.2, 0.25) is 21.6 Å². The van der Waals surface area contributed by atoms with E-state index in [9.17, 15) is 17.6 Å². The van der Waals surface area contributed by atoms with E-state index in [0.29, 0.717) is 33.2 Å². The van der Waals surface area contributed by atoms with Gasteiger partial charge < -0.3 is 14.2 Å². The zero-order valence-electron chi connectivity index (χ0n) is 22.5. The van der Waals surface area contributed by atoms with Crippen LogP contribution >= 0.6 is 0 Å². The van der Waals surface area contributed by atoms with E-state index in [0.717, 1.165) is 10.6 Å². The average Bonchev–Trinajstić information content (AvgIpc) is 3.57. The average molecular weight is 589 g/mol. The van der Waals surface area contributed by atoms with Gasteiger partial charge in [-0.3, -0.25) is 9.10 Å². The van der Waals surface area contributed by atoms with E-state index < -0.39 is 27.6 Å². The first-order valence-electron chi connectivity index (χ1n) is 12.6. The molecule has 6 aromatic rings. The molecule has 0 aliphatic carbocycles. The van der Waals surface area contributed by atoms with Crippen LogP contribution in [0.1, 0.15) is 10.4 Å². The number of carbonyl (C=O) groups is 1. The third-order valence-corrected chi connectivity index (χ3v) is 8.02. The van der Waals surface area contributed by atoms with Crippen LogP contribution in [-0.4, -0.2) is 44.6 Å². The highest BCUT2D eigenvalue weighted by Crippen LogP contribution is 2.42. The summed E-state index contributed by atoms with van der Waals surface area (Å²) in [4.78, 5) is 21.6. The number of rotatable bonds is 6. The quantitative estimate of drug-likeness (QED) is 0.253. The maximum atomic E-state index is 15.1. The van der Waals surface area contributed by atoms with Gasteiger partial charge in [0.25, 0.3) is 5.91 Å². The fourth-order valence-electron chi connectivity index (χ4n) is 4.72. The molecule has 0 unspecified atom stereocenters. The van der Waals surface area contributed by atoms with Crippen molar-refractivity contribution in [3.63, 3.8) is 0 Å². The lowest BCUT2D eigenvalue weighted by Crippen LogP contribution is -2.25. The molecule has 0 saturated heterocycles. The van der Waals surface area contributed by atoms with Crippen molar-refractivity contribution in [3.8, 4) is 33.9 Å². The number of nitrogens with zero attached hydrogens (tertiary/aromatic N) is 3. The maximum absolute atomic E-state index is 15.1. The Hall–Kier alpha value is -5.10. The molecule has 0 saturated carbocycles.